The molecule has 0 radical (unpaired) electrons. The third-order valence-corrected chi connectivity index (χ3v) is 7.47. The van der Waals surface area contributed by atoms with Crippen LogP contribution in [0.5, 0.6) is 0 Å². The molecule has 2 heterocycles. The second kappa shape index (κ2) is 9.57. The summed E-state index contributed by atoms with van der Waals surface area (Å²) in [5, 5.41) is 3.42. The zero-order valence-electron chi connectivity index (χ0n) is 16.7. The fourth-order valence-electron chi connectivity index (χ4n) is 4.02. The van der Waals surface area contributed by atoms with Crippen LogP contribution in [-0.2, 0) is 14.8 Å². The quantitative estimate of drug-likeness (QED) is 0.728. The minimum Gasteiger partial charge on any atom is -0.343 e. The average molecular weight is 430 g/mol. The molecule has 158 valence electrons. The van der Waals surface area contributed by atoms with E-state index in [0.29, 0.717) is 11.3 Å². The summed E-state index contributed by atoms with van der Waals surface area (Å²) in [6.45, 7) is 7.97. The number of carbonyl (C=O) groups excluding carboxylic acids is 1. The lowest BCUT2D eigenvalue weighted by atomic mass is 9.78. The number of sulfonamides is 1. The number of nitrogens with one attached hydrogen (secondary N) is 2. The maximum atomic E-state index is 12.4. The monoisotopic (exact) mass is 429 g/mol. The van der Waals surface area contributed by atoms with E-state index in [1.54, 1.807) is 12.1 Å². The minimum atomic E-state index is -3.58. The molecule has 2 aliphatic heterocycles. The molecule has 0 aromatic heterocycles. The standard InChI is InChI=1S/C20H31N3O3S.ClH/c1-16(2)17-3-5-18(6-4-17)27(25,26)22-11-7-19(24)23-13-9-20(10-14-23)8-12-21-15-20;/h3-6,16,21-22H,7-15H2,1-2H3;1H. The van der Waals surface area contributed by atoms with Gasteiger partial charge in [-0.1, -0.05) is 26.0 Å². The summed E-state index contributed by atoms with van der Waals surface area (Å²) in [4.78, 5) is 14.5. The number of nitrogens with zero attached hydrogens (tertiary/aromatic N) is 1. The molecule has 1 spiro atoms. The van der Waals surface area contributed by atoms with Gasteiger partial charge in [-0.05, 0) is 54.8 Å². The maximum absolute atomic E-state index is 12.4. The Balaban J connectivity index is 0.00000280. The van der Waals surface area contributed by atoms with Crippen LogP contribution in [0.25, 0.3) is 0 Å². The molecule has 2 N–H and O–H groups in total. The molecule has 28 heavy (non-hydrogen) atoms. The molecule has 2 fully saturated rings. The smallest absolute Gasteiger partial charge is 0.240 e. The van der Waals surface area contributed by atoms with Gasteiger partial charge in [0.2, 0.25) is 15.9 Å². The molecule has 1 amide bonds. The molecule has 1 aromatic rings. The Morgan fingerprint density at radius 3 is 2.36 bits per heavy atom. The van der Waals surface area contributed by atoms with Crippen LogP contribution in [-0.4, -0.2) is 51.9 Å². The van der Waals surface area contributed by atoms with Crippen molar-refractivity contribution in [3.05, 3.63) is 29.8 Å². The van der Waals surface area contributed by atoms with Gasteiger partial charge in [-0.15, -0.1) is 12.4 Å². The Kier molecular flexibility index (Phi) is 7.90. The Hall–Kier alpha value is -1.15. The summed E-state index contributed by atoms with van der Waals surface area (Å²) in [6, 6.07) is 6.93. The average Bonchev–Trinajstić information content (AvgIpc) is 3.10. The Morgan fingerprint density at radius 2 is 1.82 bits per heavy atom. The van der Waals surface area contributed by atoms with E-state index in [1.165, 1.54) is 6.42 Å². The van der Waals surface area contributed by atoms with Crippen molar-refractivity contribution in [2.75, 3.05) is 32.7 Å². The van der Waals surface area contributed by atoms with Gasteiger partial charge >= 0.3 is 0 Å². The first-order valence-corrected chi connectivity index (χ1v) is 11.4. The minimum absolute atomic E-state index is 0. The van der Waals surface area contributed by atoms with Gasteiger partial charge in [0.25, 0.3) is 0 Å². The molecular weight excluding hydrogens is 398 g/mol. The molecule has 0 atom stereocenters. The van der Waals surface area contributed by atoms with Gasteiger partial charge < -0.3 is 10.2 Å². The van der Waals surface area contributed by atoms with E-state index < -0.39 is 10.0 Å². The van der Waals surface area contributed by atoms with E-state index in [9.17, 15) is 13.2 Å². The number of hydrogen-bond acceptors (Lipinski definition) is 4. The summed E-state index contributed by atoms with van der Waals surface area (Å²) in [5.41, 5.74) is 1.48. The normalized spacial score (nSPS) is 19.0. The molecule has 1 aromatic carbocycles. The molecule has 0 aliphatic carbocycles. The molecule has 8 heteroatoms. The van der Waals surface area contributed by atoms with Crippen LogP contribution >= 0.6 is 12.4 Å². The maximum Gasteiger partial charge on any atom is 0.240 e. The van der Waals surface area contributed by atoms with Crippen molar-refractivity contribution >= 4 is 28.3 Å². The van der Waals surface area contributed by atoms with Crippen molar-refractivity contribution in [2.45, 2.75) is 50.3 Å². The zero-order chi connectivity index (χ0) is 19.5. The van der Waals surface area contributed by atoms with Crippen LogP contribution in [0.3, 0.4) is 0 Å². The number of halogens is 1. The number of carbonyl (C=O) groups is 1. The van der Waals surface area contributed by atoms with Crippen molar-refractivity contribution < 1.29 is 13.2 Å². The van der Waals surface area contributed by atoms with Crippen LogP contribution < -0.4 is 10.0 Å². The molecule has 2 saturated heterocycles. The van der Waals surface area contributed by atoms with Gasteiger partial charge in [0.15, 0.2) is 0 Å². The Morgan fingerprint density at radius 1 is 1.18 bits per heavy atom. The van der Waals surface area contributed by atoms with Crippen molar-refractivity contribution in [3.63, 3.8) is 0 Å². The second-order valence-electron chi connectivity index (χ2n) is 8.18. The van der Waals surface area contributed by atoms with Crippen LogP contribution in [0.1, 0.15) is 51.0 Å². The Bertz CT molecular complexity index is 749. The zero-order valence-corrected chi connectivity index (χ0v) is 18.4. The first kappa shape index (κ1) is 23.1. The fourth-order valence-corrected chi connectivity index (χ4v) is 5.05. The van der Waals surface area contributed by atoms with Crippen LogP contribution in [0.4, 0.5) is 0 Å². The largest absolute Gasteiger partial charge is 0.343 e. The number of rotatable bonds is 6. The van der Waals surface area contributed by atoms with E-state index in [-0.39, 0.29) is 36.2 Å². The summed E-state index contributed by atoms with van der Waals surface area (Å²) >= 11 is 0. The number of amides is 1. The lowest BCUT2D eigenvalue weighted by Gasteiger charge is -2.39. The van der Waals surface area contributed by atoms with Gasteiger partial charge in [0, 0.05) is 32.6 Å². The molecule has 3 rings (SSSR count). The van der Waals surface area contributed by atoms with Crippen molar-refractivity contribution in [1.82, 2.24) is 14.9 Å². The van der Waals surface area contributed by atoms with Crippen LogP contribution in [0.15, 0.2) is 29.2 Å². The fraction of sp³-hybridized carbons (Fsp3) is 0.650. The molecule has 0 bridgehead atoms. The highest BCUT2D eigenvalue weighted by Gasteiger charge is 2.37. The van der Waals surface area contributed by atoms with Crippen molar-refractivity contribution in [3.8, 4) is 0 Å². The number of piperidine rings is 1. The van der Waals surface area contributed by atoms with Crippen LogP contribution in [0, 0.1) is 5.41 Å². The highest BCUT2D eigenvalue weighted by Crippen LogP contribution is 2.36. The molecule has 0 unspecified atom stereocenters. The lowest BCUT2D eigenvalue weighted by Crippen LogP contribution is -2.44. The summed E-state index contributed by atoms with van der Waals surface area (Å²) < 4.78 is 27.4. The highest BCUT2D eigenvalue weighted by atomic mass is 35.5. The van der Waals surface area contributed by atoms with E-state index in [0.717, 1.165) is 44.6 Å². The van der Waals surface area contributed by atoms with E-state index >= 15 is 0 Å². The SMILES string of the molecule is CC(C)c1ccc(S(=O)(=O)NCCC(=O)N2CCC3(CCNC3)CC2)cc1.Cl. The third-order valence-electron chi connectivity index (χ3n) is 6.00. The first-order valence-electron chi connectivity index (χ1n) is 9.89. The van der Waals surface area contributed by atoms with Gasteiger partial charge in [-0.3, -0.25) is 4.79 Å². The van der Waals surface area contributed by atoms with Gasteiger partial charge in [0.1, 0.15) is 0 Å². The summed E-state index contributed by atoms with van der Waals surface area (Å²) in [7, 11) is -3.58. The molecular formula is C20H32ClN3O3S. The Labute approximate surface area is 174 Å². The first-order chi connectivity index (χ1) is 12.8. The van der Waals surface area contributed by atoms with E-state index in [1.807, 2.05) is 17.0 Å². The second-order valence-corrected chi connectivity index (χ2v) is 9.95. The number of benzene rings is 1. The van der Waals surface area contributed by atoms with E-state index in [4.69, 9.17) is 0 Å². The topological polar surface area (TPSA) is 78.5 Å². The van der Waals surface area contributed by atoms with Gasteiger partial charge in [-0.25, -0.2) is 13.1 Å². The van der Waals surface area contributed by atoms with E-state index in [2.05, 4.69) is 23.9 Å². The molecule has 0 saturated carbocycles. The van der Waals surface area contributed by atoms with Crippen molar-refractivity contribution in [1.29, 1.82) is 0 Å². The lowest BCUT2D eigenvalue weighted by molar-refractivity contribution is -0.133. The van der Waals surface area contributed by atoms with Gasteiger partial charge in [0.05, 0.1) is 4.90 Å². The third kappa shape index (κ3) is 5.47. The molecule has 2 aliphatic rings. The summed E-state index contributed by atoms with van der Waals surface area (Å²) in [5.74, 6) is 0.393. The number of likely N-dealkylation sites (tertiary alicyclic amines) is 1. The number of hydrogen-bond donors (Lipinski definition) is 2. The predicted octanol–water partition coefficient (Wildman–Crippen LogP) is 2.50. The van der Waals surface area contributed by atoms with Crippen molar-refractivity contribution in [2.24, 2.45) is 5.41 Å². The summed E-state index contributed by atoms with van der Waals surface area (Å²) in [6.07, 6.45) is 3.48. The molecule has 6 nitrogen and oxygen atoms in total. The predicted molar refractivity (Wildman–Crippen MR) is 113 cm³/mol. The highest BCUT2D eigenvalue weighted by molar-refractivity contribution is 7.89. The van der Waals surface area contributed by atoms with Gasteiger partial charge in [-0.2, -0.15) is 0 Å². The van der Waals surface area contributed by atoms with Crippen LogP contribution in [0.2, 0.25) is 0 Å².